The van der Waals surface area contributed by atoms with E-state index in [1.54, 1.807) is 72.0 Å². The Kier molecular flexibility index (Phi) is 19.0. The van der Waals surface area contributed by atoms with Gasteiger partial charge in [0.05, 0.1) is 52.8 Å². The number of aromatic nitrogens is 7. The standard InChI is InChI=1S/C55H56N12O9S6/c1-25(2)31-17-37(68)44-28(5)81-53(67-44)33(18-41(70)56-6)59-48(73)35-22-77-49(61-35)30-14-15-32(51-64-39(24-80-51)63-40(69)16-13-26(3)55(74)75)58-45(30)34-21-78-52(60-34)36-23-79-54(62-36)46(47(72)29-11-9-8-10-12-29)65-42(71)19-57-27(4)43-38(20-76-7)82-50(31)66-43/h8-12,14-15,21-26,31,33,46-47,57,72H,4,13,16-20H2,1-3,5-7H3,(H,56,70)(H,59,73)(H,63,69)(H,65,71)(H,74,75)/t26-,31-,33+,46+,47+/m1/s1. The Morgan fingerprint density at radius 2 is 1.48 bits per heavy atom. The van der Waals surface area contributed by atoms with Crippen LogP contribution in [0.25, 0.3) is 49.1 Å². The summed E-state index contributed by atoms with van der Waals surface area (Å²) in [5.74, 6) is -3.90. The number of nitrogens with one attached hydrogen (secondary N) is 5. The summed E-state index contributed by atoms with van der Waals surface area (Å²) in [4.78, 5) is 115. The van der Waals surface area contributed by atoms with Crippen LogP contribution in [0.5, 0.6) is 0 Å². The third kappa shape index (κ3) is 13.7. The minimum absolute atomic E-state index is 0.0134. The van der Waals surface area contributed by atoms with Gasteiger partial charge in [-0.05, 0) is 37.0 Å². The predicted molar refractivity (Wildman–Crippen MR) is 318 cm³/mol. The molecule has 8 aromatic rings. The molecule has 1 aliphatic heterocycles. The molecule has 10 bridgehead atoms. The summed E-state index contributed by atoms with van der Waals surface area (Å²) in [6, 6.07) is 10.5. The lowest BCUT2D eigenvalue weighted by Gasteiger charge is -2.23. The number of hydrogen-bond acceptors (Lipinski definition) is 22. The molecule has 0 saturated carbocycles. The smallest absolute Gasteiger partial charge is 0.306 e. The van der Waals surface area contributed by atoms with E-state index in [0.717, 1.165) is 4.88 Å². The lowest BCUT2D eigenvalue weighted by atomic mass is 9.90. The van der Waals surface area contributed by atoms with Gasteiger partial charge in [-0.2, -0.15) is 0 Å². The van der Waals surface area contributed by atoms with Crippen LogP contribution in [0, 0.1) is 18.8 Å². The van der Waals surface area contributed by atoms with Gasteiger partial charge in [-0.3, -0.25) is 28.8 Å². The van der Waals surface area contributed by atoms with Gasteiger partial charge in [0.15, 0.2) is 5.78 Å². The average molecular weight is 1220 g/mol. The van der Waals surface area contributed by atoms with Crippen LogP contribution in [0.1, 0.15) is 128 Å². The molecule has 1 aliphatic rings. The molecule has 27 heteroatoms. The molecule has 0 spiro atoms. The fourth-order valence-corrected chi connectivity index (χ4v) is 14.3. The number of aliphatic carboxylic acids is 1. The minimum Gasteiger partial charge on any atom is -0.481 e. The summed E-state index contributed by atoms with van der Waals surface area (Å²) in [7, 11) is 3.05. The number of carboxylic acid groups (broad SMARTS) is 1. The summed E-state index contributed by atoms with van der Waals surface area (Å²) >= 11 is 7.54. The van der Waals surface area contributed by atoms with Crippen LogP contribution in [-0.2, 0) is 30.5 Å². The number of anilines is 1. The Hall–Kier alpha value is -7.37. The van der Waals surface area contributed by atoms with Crippen molar-refractivity contribution in [2.24, 2.45) is 11.8 Å². The van der Waals surface area contributed by atoms with Crippen LogP contribution in [-0.4, -0.2) is 101 Å². The number of amides is 4. The third-order valence-corrected chi connectivity index (χ3v) is 19.0. The lowest BCUT2D eigenvalue weighted by molar-refractivity contribution is -0.141. The van der Waals surface area contributed by atoms with Gasteiger partial charge in [-0.1, -0.05) is 57.7 Å². The molecule has 0 fully saturated rings. The lowest BCUT2D eigenvalue weighted by Crippen LogP contribution is -2.38. The number of carbonyl (C=O) groups is 6. The number of Topliss-reactive ketones (excluding diaryl/α,β-unsaturated/α-hetero) is 1. The van der Waals surface area contributed by atoms with Crippen molar-refractivity contribution in [2.75, 3.05) is 26.0 Å². The van der Waals surface area contributed by atoms with E-state index in [9.17, 15) is 39.0 Å². The SMILES string of the molecule is C=C1NCC(=O)N[C@@H]([C@@H](O)c2ccccc2)c2nc(cs2)-c2nc(cs2)-c2nc(-c3nc(NC(=O)CC[C@@H](C)C(=O)O)cs3)ccc2-c2nc(cs2)C(=O)N[C@@H](CC(=O)NC)c2nc(c(C)s2)C(=O)C[C@H](C(C)C)c2nc1c(COC)s2. The first-order valence-corrected chi connectivity index (χ1v) is 30.9. The van der Waals surface area contributed by atoms with Gasteiger partial charge in [-0.15, -0.1) is 68.0 Å². The largest absolute Gasteiger partial charge is 0.481 e. The molecule has 9 rings (SSSR count). The first-order valence-electron chi connectivity index (χ1n) is 25.7. The molecule has 7 aromatic heterocycles. The molecule has 426 valence electrons. The molecule has 1 aromatic carbocycles. The van der Waals surface area contributed by atoms with Gasteiger partial charge >= 0.3 is 5.97 Å². The van der Waals surface area contributed by atoms with Gasteiger partial charge in [-0.25, -0.2) is 34.9 Å². The summed E-state index contributed by atoms with van der Waals surface area (Å²) in [6.07, 6.45) is -1.21. The maximum Gasteiger partial charge on any atom is 0.306 e. The number of carboxylic acids is 1. The number of carbonyl (C=O) groups excluding carboxylic acids is 5. The van der Waals surface area contributed by atoms with Gasteiger partial charge in [0.2, 0.25) is 17.7 Å². The topological polar surface area (TPSA) is 302 Å². The molecular weight excluding hydrogens is 1170 g/mol. The maximum absolute atomic E-state index is 14.4. The molecule has 8 heterocycles. The van der Waals surface area contributed by atoms with Crippen LogP contribution < -0.4 is 26.6 Å². The molecule has 21 nitrogen and oxygen atoms in total. The third-order valence-electron chi connectivity index (χ3n) is 13.2. The van der Waals surface area contributed by atoms with Crippen molar-refractivity contribution in [2.45, 2.75) is 84.1 Å². The average Bonchev–Trinajstić information content (AvgIpc) is 4.44. The number of ether oxygens (including phenoxy) is 1. The van der Waals surface area contributed by atoms with E-state index in [1.807, 2.05) is 19.9 Å². The van der Waals surface area contributed by atoms with Crippen molar-refractivity contribution in [1.82, 2.24) is 56.2 Å². The fourth-order valence-electron chi connectivity index (χ4n) is 8.66. The van der Waals surface area contributed by atoms with Crippen molar-refractivity contribution in [3.63, 3.8) is 0 Å². The first-order chi connectivity index (χ1) is 39.4. The van der Waals surface area contributed by atoms with Gasteiger partial charge < -0.3 is 41.5 Å². The van der Waals surface area contributed by atoms with Gasteiger partial charge in [0, 0.05) is 64.9 Å². The summed E-state index contributed by atoms with van der Waals surface area (Å²) in [6.45, 7) is 11.5. The van der Waals surface area contributed by atoms with Crippen LogP contribution in [0.15, 0.2) is 70.6 Å². The molecule has 0 aliphatic carbocycles. The van der Waals surface area contributed by atoms with E-state index in [4.69, 9.17) is 34.6 Å². The zero-order valence-corrected chi connectivity index (χ0v) is 50.0. The number of aliphatic hydroxyl groups excluding tert-OH is 1. The fraction of sp³-hybridized carbons (Fsp3) is 0.327. The summed E-state index contributed by atoms with van der Waals surface area (Å²) in [5.41, 5.74) is 3.84. The van der Waals surface area contributed by atoms with E-state index in [1.165, 1.54) is 82.0 Å². The van der Waals surface area contributed by atoms with Crippen molar-refractivity contribution in [3.05, 3.63) is 118 Å². The van der Waals surface area contributed by atoms with Crippen molar-refractivity contribution < 1.29 is 43.7 Å². The summed E-state index contributed by atoms with van der Waals surface area (Å²) < 4.78 is 5.57. The monoisotopic (exact) mass is 1220 g/mol. The van der Waals surface area contributed by atoms with E-state index >= 15 is 0 Å². The Labute approximate surface area is 494 Å². The van der Waals surface area contributed by atoms with Crippen molar-refractivity contribution >= 4 is 115 Å². The number of thiazole rings is 6. The number of nitrogens with zero attached hydrogens (tertiary/aromatic N) is 7. The number of pyridine rings is 1. The zero-order chi connectivity index (χ0) is 58.4. The molecule has 0 unspecified atom stereocenters. The molecule has 4 amide bonds. The zero-order valence-electron chi connectivity index (χ0n) is 45.1. The number of hydrogen-bond donors (Lipinski definition) is 7. The molecule has 82 heavy (non-hydrogen) atoms. The number of fused-ring (bicyclic) bond motifs is 14. The normalized spacial score (nSPS) is 16.9. The van der Waals surface area contributed by atoms with Gasteiger partial charge in [0.1, 0.15) is 77.2 Å². The number of methoxy groups -OCH3 is 1. The number of ketones is 1. The highest BCUT2D eigenvalue weighted by atomic mass is 32.1. The second kappa shape index (κ2) is 26.3. The second-order valence-electron chi connectivity index (χ2n) is 19.4. The van der Waals surface area contributed by atoms with Crippen LogP contribution in [0.2, 0.25) is 0 Å². The number of aliphatic hydroxyl groups is 1. The number of rotatable bonds is 13. The number of benzene rings is 1. The second-order valence-corrected chi connectivity index (χ2v) is 25.2. The highest BCUT2D eigenvalue weighted by Gasteiger charge is 2.33. The van der Waals surface area contributed by atoms with Crippen LogP contribution in [0.4, 0.5) is 5.82 Å². The quantitative estimate of drug-likeness (QED) is 0.0565. The van der Waals surface area contributed by atoms with E-state index in [0.29, 0.717) is 80.2 Å². The highest BCUT2D eigenvalue weighted by molar-refractivity contribution is 7.15. The molecule has 7 N–H and O–H groups in total. The first kappa shape index (κ1) is 59.3. The van der Waals surface area contributed by atoms with E-state index < -0.39 is 41.9 Å². The molecule has 0 saturated heterocycles. The maximum atomic E-state index is 14.4. The minimum atomic E-state index is -1.21. The van der Waals surface area contributed by atoms with Crippen molar-refractivity contribution in [3.8, 4) is 43.4 Å². The molecular formula is C55H56N12O9S6. The number of aryl methyl sites for hydroxylation is 1. The van der Waals surface area contributed by atoms with Crippen LogP contribution in [0.3, 0.4) is 0 Å². The predicted octanol–water partition coefficient (Wildman–Crippen LogP) is 9.47. The summed E-state index contributed by atoms with van der Waals surface area (Å²) in [5, 5.41) is 45.3. The Morgan fingerprint density at radius 3 is 2.22 bits per heavy atom. The Morgan fingerprint density at radius 1 is 0.768 bits per heavy atom. The molecule has 0 radical (unpaired) electrons. The van der Waals surface area contributed by atoms with Gasteiger partial charge in [0.25, 0.3) is 5.91 Å². The Balaban J connectivity index is 1.11. The van der Waals surface area contributed by atoms with E-state index in [2.05, 4.69) is 38.1 Å². The van der Waals surface area contributed by atoms with Crippen molar-refractivity contribution in [1.29, 1.82) is 0 Å². The van der Waals surface area contributed by atoms with Crippen LogP contribution >= 0.6 is 68.0 Å². The van der Waals surface area contributed by atoms with E-state index in [-0.39, 0.29) is 85.5 Å². The molecule has 5 atom stereocenters. The highest BCUT2D eigenvalue weighted by Crippen LogP contribution is 2.41. The Bertz CT molecular complexity index is 3680.